The number of aliphatic hydroxyl groups is 1. The molecule has 0 aliphatic rings. The quantitative estimate of drug-likeness (QED) is 0.779. The number of pyridine rings is 1. The Bertz CT molecular complexity index is 273. The molecule has 1 aromatic heterocycles. The van der Waals surface area contributed by atoms with Crippen LogP contribution in [0.1, 0.15) is 6.42 Å². The first-order valence-electron chi connectivity index (χ1n) is 4.74. The summed E-state index contributed by atoms with van der Waals surface area (Å²) < 4.78 is 5.03. The molecule has 84 valence electrons. The Labute approximate surface area is 94.2 Å². The number of nitrogens with zero attached hydrogens (tertiary/aromatic N) is 1. The molecule has 0 radical (unpaired) electrons. The van der Waals surface area contributed by atoms with Gasteiger partial charge in [-0.1, -0.05) is 11.6 Å². The summed E-state index contributed by atoms with van der Waals surface area (Å²) in [5.41, 5.74) is 0. The van der Waals surface area contributed by atoms with Gasteiger partial charge in [-0.15, -0.1) is 0 Å². The molecule has 0 spiro atoms. The van der Waals surface area contributed by atoms with Crippen LogP contribution in [-0.4, -0.2) is 36.5 Å². The lowest BCUT2D eigenvalue weighted by Crippen LogP contribution is -2.26. The number of aromatic nitrogens is 1. The molecule has 1 heterocycles. The van der Waals surface area contributed by atoms with Crippen molar-refractivity contribution < 1.29 is 9.84 Å². The molecule has 0 saturated carbocycles. The predicted molar refractivity (Wildman–Crippen MR) is 60.2 cm³/mol. The first kappa shape index (κ1) is 12.2. The van der Waals surface area contributed by atoms with Crippen LogP contribution < -0.4 is 5.32 Å². The fourth-order valence-corrected chi connectivity index (χ4v) is 1.34. The summed E-state index contributed by atoms with van der Waals surface area (Å²) in [5.74, 6) is 0.731. The molecule has 1 unspecified atom stereocenters. The molecule has 1 rings (SSSR count). The van der Waals surface area contributed by atoms with Gasteiger partial charge in [0.15, 0.2) is 0 Å². The van der Waals surface area contributed by atoms with Gasteiger partial charge in [0, 0.05) is 19.9 Å². The van der Waals surface area contributed by atoms with Crippen molar-refractivity contribution in [2.24, 2.45) is 0 Å². The maximum Gasteiger partial charge on any atom is 0.126 e. The summed E-state index contributed by atoms with van der Waals surface area (Å²) in [6.07, 6.45) is 2.20. The molecular weight excluding hydrogens is 216 g/mol. The first-order chi connectivity index (χ1) is 7.26. The topological polar surface area (TPSA) is 54.4 Å². The van der Waals surface area contributed by atoms with Crippen LogP contribution in [0, 0.1) is 0 Å². The lowest BCUT2D eigenvalue weighted by Gasteiger charge is -2.17. The highest BCUT2D eigenvalue weighted by atomic mass is 35.5. The number of hydrogen-bond donors (Lipinski definition) is 2. The predicted octanol–water partition coefficient (Wildman–Crippen LogP) is 1.54. The molecule has 0 aliphatic carbocycles. The SMILES string of the molecule is COCC(CCO)Nc1ccc(Cl)cn1. The molecule has 1 aromatic rings. The second-order valence-electron chi connectivity index (χ2n) is 3.17. The zero-order valence-corrected chi connectivity index (χ0v) is 9.37. The minimum Gasteiger partial charge on any atom is -0.396 e. The molecule has 4 nitrogen and oxygen atoms in total. The Hall–Kier alpha value is -0.840. The summed E-state index contributed by atoms with van der Waals surface area (Å²) in [6, 6.07) is 3.62. The number of nitrogens with one attached hydrogen (secondary N) is 1. The Balaban J connectivity index is 2.53. The summed E-state index contributed by atoms with van der Waals surface area (Å²) in [4.78, 5) is 4.10. The third kappa shape index (κ3) is 4.46. The van der Waals surface area contributed by atoms with E-state index in [4.69, 9.17) is 21.4 Å². The Kier molecular flexibility index (Phi) is 5.39. The second kappa shape index (κ2) is 6.61. The van der Waals surface area contributed by atoms with Crippen LogP contribution in [0.5, 0.6) is 0 Å². The molecular formula is C10H15ClN2O2. The van der Waals surface area contributed by atoms with Gasteiger partial charge in [-0.25, -0.2) is 4.98 Å². The average molecular weight is 231 g/mol. The largest absolute Gasteiger partial charge is 0.396 e. The van der Waals surface area contributed by atoms with E-state index in [2.05, 4.69) is 10.3 Å². The van der Waals surface area contributed by atoms with Crippen LogP contribution >= 0.6 is 11.6 Å². The summed E-state index contributed by atoms with van der Waals surface area (Å²) >= 11 is 5.72. The van der Waals surface area contributed by atoms with E-state index in [1.54, 1.807) is 25.4 Å². The van der Waals surface area contributed by atoms with Crippen LogP contribution in [-0.2, 0) is 4.74 Å². The lowest BCUT2D eigenvalue weighted by molar-refractivity contribution is 0.170. The van der Waals surface area contributed by atoms with Gasteiger partial charge in [0.1, 0.15) is 5.82 Å². The van der Waals surface area contributed by atoms with Crippen molar-refractivity contribution in [1.82, 2.24) is 4.98 Å². The number of methoxy groups -OCH3 is 1. The van der Waals surface area contributed by atoms with E-state index in [0.717, 1.165) is 5.82 Å². The summed E-state index contributed by atoms with van der Waals surface area (Å²) in [5, 5.41) is 12.6. The van der Waals surface area contributed by atoms with Gasteiger partial charge in [0.25, 0.3) is 0 Å². The zero-order chi connectivity index (χ0) is 11.1. The van der Waals surface area contributed by atoms with Crippen LogP contribution in [0.2, 0.25) is 5.02 Å². The number of hydrogen-bond acceptors (Lipinski definition) is 4. The van der Waals surface area contributed by atoms with Crippen molar-refractivity contribution in [2.45, 2.75) is 12.5 Å². The number of aliphatic hydroxyl groups excluding tert-OH is 1. The molecule has 0 saturated heterocycles. The molecule has 0 amide bonds. The number of halogens is 1. The maximum absolute atomic E-state index is 8.85. The van der Waals surface area contributed by atoms with Crippen LogP contribution in [0.15, 0.2) is 18.3 Å². The smallest absolute Gasteiger partial charge is 0.126 e. The fourth-order valence-electron chi connectivity index (χ4n) is 1.22. The molecule has 0 aromatic carbocycles. The van der Waals surface area contributed by atoms with E-state index in [1.165, 1.54) is 0 Å². The standard InChI is InChI=1S/C10H15ClN2O2/c1-15-7-9(4-5-14)13-10-3-2-8(11)6-12-10/h2-3,6,9,14H,4-5,7H2,1H3,(H,12,13). The number of rotatable bonds is 6. The lowest BCUT2D eigenvalue weighted by atomic mass is 10.2. The Morgan fingerprint density at radius 3 is 2.93 bits per heavy atom. The minimum atomic E-state index is 0.0636. The number of anilines is 1. The molecule has 1 atom stereocenters. The van der Waals surface area contributed by atoms with Gasteiger partial charge < -0.3 is 15.2 Å². The minimum absolute atomic E-state index is 0.0636. The normalized spacial score (nSPS) is 12.5. The fraction of sp³-hybridized carbons (Fsp3) is 0.500. The van der Waals surface area contributed by atoms with E-state index in [0.29, 0.717) is 18.1 Å². The molecule has 15 heavy (non-hydrogen) atoms. The molecule has 0 bridgehead atoms. The van der Waals surface area contributed by atoms with Gasteiger partial charge in [-0.2, -0.15) is 0 Å². The van der Waals surface area contributed by atoms with E-state index >= 15 is 0 Å². The third-order valence-electron chi connectivity index (χ3n) is 1.92. The monoisotopic (exact) mass is 230 g/mol. The highest BCUT2D eigenvalue weighted by molar-refractivity contribution is 6.30. The van der Waals surface area contributed by atoms with Crippen LogP contribution in [0.3, 0.4) is 0 Å². The van der Waals surface area contributed by atoms with E-state index in [9.17, 15) is 0 Å². The molecule has 5 heteroatoms. The third-order valence-corrected chi connectivity index (χ3v) is 2.15. The van der Waals surface area contributed by atoms with E-state index in [1.807, 2.05) is 0 Å². The van der Waals surface area contributed by atoms with Crippen LogP contribution in [0.25, 0.3) is 0 Å². The van der Waals surface area contributed by atoms with E-state index in [-0.39, 0.29) is 12.6 Å². The van der Waals surface area contributed by atoms with Crippen LogP contribution in [0.4, 0.5) is 5.82 Å². The van der Waals surface area contributed by atoms with Crippen molar-refractivity contribution in [1.29, 1.82) is 0 Å². The van der Waals surface area contributed by atoms with Crippen molar-refractivity contribution in [3.63, 3.8) is 0 Å². The first-order valence-corrected chi connectivity index (χ1v) is 5.12. The van der Waals surface area contributed by atoms with E-state index < -0.39 is 0 Å². The zero-order valence-electron chi connectivity index (χ0n) is 8.61. The maximum atomic E-state index is 8.85. The molecule has 0 aliphatic heterocycles. The molecule has 2 N–H and O–H groups in total. The highest BCUT2D eigenvalue weighted by Gasteiger charge is 2.07. The van der Waals surface area contributed by atoms with Gasteiger partial charge in [-0.3, -0.25) is 0 Å². The Morgan fingerprint density at radius 1 is 1.60 bits per heavy atom. The average Bonchev–Trinajstić information content (AvgIpc) is 2.22. The summed E-state index contributed by atoms with van der Waals surface area (Å²) in [6.45, 7) is 0.652. The van der Waals surface area contributed by atoms with Crippen molar-refractivity contribution >= 4 is 17.4 Å². The van der Waals surface area contributed by atoms with Gasteiger partial charge in [0.05, 0.1) is 17.7 Å². The van der Waals surface area contributed by atoms with Gasteiger partial charge >= 0.3 is 0 Å². The van der Waals surface area contributed by atoms with Crippen molar-refractivity contribution in [3.8, 4) is 0 Å². The summed E-state index contributed by atoms with van der Waals surface area (Å²) in [7, 11) is 1.63. The Morgan fingerprint density at radius 2 is 2.40 bits per heavy atom. The van der Waals surface area contributed by atoms with Gasteiger partial charge in [-0.05, 0) is 18.6 Å². The van der Waals surface area contributed by atoms with Crippen molar-refractivity contribution in [3.05, 3.63) is 23.4 Å². The van der Waals surface area contributed by atoms with Gasteiger partial charge in [0.2, 0.25) is 0 Å². The van der Waals surface area contributed by atoms with Crippen molar-refractivity contribution in [2.75, 3.05) is 25.6 Å². The second-order valence-corrected chi connectivity index (χ2v) is 3.61. The number of ether oxygens (including phenoxy) is 1. The molecule has 0 fully saturated rings. The highest BCUT2D eigenvalue weighted by Crippen LogP contribution is 2.11.